The van der Waals surface area contributed by atoms with Crippen LogP contribution in [0, 0.1) is 24.7 Å². The van der Waals surface area contributed by atoms with Crippen molar-refractivity contribution < 1.29 is 29.2 Å². The van der Waals surface area contributed by atoms with Gasteiger partial charge in [-0.3, -0.25) is 9.80 Å². The second kappa shape index (κ2) is 20.8. The Morgan fingerprint density at radius 2 is 0.722 bits per heavy atom. The Morgan fingerprint density at radius 1 is 0.405 bits per heavy atom. The van der Waals surface area contributed by atoms with Gasteiger partial charge in [0.1, 0.15) is 23.0 Å². The van der Waals surface area contributed by atoms with Crippen molar-refractivity contribution >= 4 is 34.1 Å². The van der Waals surface area contributed by atoms with Crippen LogP contribution in [-0.4, -0.2) is 22.4 Å². The summed E-state index contributed by atoms with van der Waals surface area (Å²) in [7, 11) is 0. The van der Waals surface area contributed by atoms with Crippen molar-refractivity contribution in [2.24, 2.45) is 10.8 Å². The quantitative estimate of drug-likeness (QED) is 0.111. The third kappa shape index (κ3) is 11.3. The average Bonchev–Trinajstić information content (AvgIpc) is 3.58. The first-order valence-corrected chi connectivity index (χ1v) is 28.0. The number of para-hydroxylation sites is 8. The van der Waals surface area contributed by atoms with E-state index in [4.69, 9.17) is 18.9 Å². The van der Waals surface area contributed by atoms with Gasteiger partial charge in [0, 0.05) is 28.7 Å². The molecule has 0 fully saturated rings. The number of ether oxygens (including phenoxy) is 4. The van der Waals surface area contributed by atoms with E-state index in [1.54, 1.807) is 0 Å². The van der Waals surface area contributed by atoms with E-state index in [0.717, 1.165) is 69.0 Å². The monoisotopic (exact) mass is 1050 g/mol. The summed E-state index contributed by atoms with van der Waals surface area (Å²) in [5, 5.41) is 25.6. The lowest BCUT2D eigenvalue weighted by Gasteiger charge is -2.35. The fourth-order valence-electron chi connectivity index (χ4n) is 12.6. The third-order valence-corrected chi connectivity index (χ3v) is 15.2. The molecule has 2 atom stereocenters. The topological polar surface area (TPSA) is 83.9 Å². The highest BCUT2D eigenvalue weighted by atomic mass is 16.5. The summed E-state index contributed by atoms with van der Waals surface area (Å²) in [6, 6.07) is 53.0. The van der Waals surface area contributed by atoms with Crippen LogP contribution < -0.4 is 28.7 Å². The second-order valence-corrected chi connectivity index (χ2v) is 25.9. The van der Waals surface area contributed by atoms with Gasteiger partial charge >= 0.3 is 0 Å². The van der Waals surface area contributed by atoms with E-state index in [0.29, 0.717) is 63.4 Å². The van der Waals surface area contributed by atoms with Crippen LogP contribution in [0.15, 0.2) is 158 Å². The SMILES string of the molecule is Cc1cc(-c2cc(C(C)(C)CC(C)(C)C)ccc2O[C@H](C)C[C@H](C)Oc2ccc(C(C)(C)CC(C)(C)C)cc2-c2cc(C)cc(N3c4ccccc4Oc4ccccc43)c2O)c(O)c(N2c3ccccc3Oc3ccccc32)c1. The van der Waals surface area contributed by atoms with Gasteiger partial charge < -0.3 is 29.2 Å². The second-order valence-electron chi connectivity index (χ2n) is 25.9. The number of benzene rings is 8. The van der Waals surface area contributed by atoms with E-state index in [9.17, 15) is 10.2 Å². The van der Waals surface area contributed by atoms with Crippen LogP contribution in [0.25, 0.3) is 22.3 Å². The minimum Gasteiger partial charge on any atom is -0.505 e. The van der Waals surface area contributed by atoms with Gasteiger partial charge in [-0.2, -0.15) is 0 Å². The molecule has 8 aromatic carbocycles. The predicted molar refractivity (Wildman–Crippen MR) is 325 cm³/mol. The van der Waals surface area contributed by atoms with E-state index < -0.39 is 0 Å². The van der Waals surface area contributed by atoms with E-state index in [1.165, 1.54) is 0 Å². The maximum absolute atomic E-state index is 12.8. The van der Waals surface area contributed by atoms with Crippen LogP contribution in [0.3, 0.4) is 0 Å². The minimum atomic E-state index is -0.319. The first kappa shape index (κ1) is 54.5. The Hall–Kier alpha value is -7.84. The summed E-state index contributed by atoms with van der Waals surface area (Å²) in [6.45, 7) is 31.2. The van der Waals surface area contributed by atoms with Crippen molar-refractivity contribution in [3.8, 4) is 68.2 Å². The van der Waals surface area contributed by atoms with Crippen LogP contribution in [0.2, 0.25) is 0 Å². The van der Waals surface area contributed by atoms with Crippen molar-refractivity contribution in [1.82, 2.24) is 0 Å². The molecule has 79 heavy (non-hydrogen) atoms. The highest BCUT2D eigenvalue weighted by Crippen LogP contribution is 2.57. The maximum atomic E-state index is 12.8. The molecule has 408 valence electrons. The molecule has 0 amide bonds. The molecule has 2 heterocycles. The summed E-state index contributed by atoms with van der Waals surface area (Å²) in [6.07, 6.45) is 1.79. The Balaban J connectivity index is 1.02. The van der Waals surface area contributed by atoms with E-state index >= 15 is 0 Å². The Kier molecular flexibility index (Phi) is 14.3. The van der Waals surface area contributed by atoms with Crippen molar-refractivity contribution in [2.45, 2.75) is 139 Å². The van der Waals surface area contributed by atoms with Gasteiger partial charge in [0.15, 0.2) is 23.0 Å². The third-order valence-electron chi connectivity index (χ3n) is 15.2. The van der Waals surface area contributed by atoms with Crippen molar-refractivity contribution in [1.29, 1.82) is 0 Å². The number of aryl methyl sites for hydroxylation is 2. The van der Waals surface area contributed by atoms with Gasteiger partial charge in [0.25, 0.3) is 0 Å². The molecule has 0 unspecified atom stereocenters. The Bertz CT molecular complexity index is 3250. The molecule has 10 rings (SSSR count). The largest absolute Gasteiger partial charge is 0.505 e. The first-order chi connectivity index (χ1) is 37.3. The fourth-order valence-corrected chi connectivity index (χ4v) is 12.6. The molecule has 2 N–H and O–H groups in total. The number of aromatic hydroxyl groups is 2. The van der Waals surface area contributed by atoms with Gasteiger partial charge in [-0.25, -0.2) is 0 Å². The normalized spacial score (nSPS) is 14.0. The highest BCUT2D eigenvalue weighted by molar-refractivity contribution is 5.94. The van der Waals surface area contributed by atoms with Crippen LogP contribution in [0.1, 0.15) is 125 Å². The van der Waals surface area contributed by atoms with Crippen molar-refractivity contribution in [3.63, 3.8) is 0 Å². The van der Waals surface area contributed by atoms with Gasteiger partial charge in [-0.05, 0) is 182 Å². The minimum absolute atomic E-state index is 0.0731. The molecule has 8 nitrogen and oxygen atoms in total. The number of anilines is 6. The average molecular weight is 1060 g/mol. The van der Waals surface area contributed by atoms with Gasteiger partial charge in [0.2, 0.25) is 0 Å². The molecular formula is C71H78N2O6. The lowest BCUT2D eigenvalue weighted by molar-refractivity contribution is 0.131. The van der Waals surface area contributed by atoms with E-state index in [-0.39, 0.29) is 45.4 Å². The molecule has 0 spiro atoms. The lowest BCUT2D eigenvalue weighted by Crippen LogP contribution is -2.26. The van der Waals surface area contributed by atoms with Gasteiger partial charge in [-0.15, -0.1) is 0 Å². The number of phenolic OH excluding ortho intramolecular Hbond substituents is 2. The molecule has 0 radical (unpaired) electrons. The summed E-state index contributed by atoms with van der Waals surface area (Å²) >= 11 is 0. The molecule has 0 bridgehead atoms. The molecule has 8 aromatic rings. The molecule has 0 aliphatic carbocycles. The van der Waals surface area contributed by atoms with Gasteiger partial charge in [-0.1, -0.05) is 130 Å². The number of nitrogens with zero attached hydrogens (tertiary/aromatic N) is 2. The predicted octanol–water partition coefficient (Wildman–Crippen LogP) is 20.3. The van der Waals surface area contributed by atoms with Crippen molar-refractivity contribution in [3.05, 3.63) is 180 Å². The fraction of sp³-hybridized carbons (Fsp3) is 0.324. The van der Waals surface area contributed by atoms with E-state index in [1.807, 2.05) is 109 Å². The zero-order valence-electron chi connectivity index (χ0n) is 48.7. The zero-order valence-corrected chi connectivity index (χ0v) is 48.7. The summed E-state index contributed by atoms with van der Waals surface area (Å²) in [4.78, 5) is 4.19. The van der Waals surface area contributed by atoms with Crippen LogP contribution in [0.5, 0.6) is 46.0 Å². The Morgan fingerprint density at radius 3 is 1.04 bits per heavy atom. The highest BCUT2D eigenvalue weighted by Gasteiger charge is 2.34. The van der Waals surface area contributed by atoms with Crippen molar-refractivity contribution in [2.75, 3.05) is 9.80 Å². The number of phenols is 2. The zero-order chi connectivity index (χ0) is 56.3. The number of rotatable bonds is 14. The molecule has 2 aliphatic heterocycles. The molecule has 0 saturated heterocycles. The molecule has 2 aliphatic rings. The van der Waals surface area contributed by atoms with Crippen LogP contribution in [0.4, 0.5) is 34.1 Å². The maximum Gasteiger partial charge on any atom is 0.151 e. The lowest BCUT2D eigenvalue weighted by atomic mass is 9.72. The van der Waals surface area contributed by atoms with Crippen LogP contribution in [-0.2, 0) is 10.8 Å². The van der Waals surface area contributed by atoms with E-state index in [2.05, 4.69) is 155 Å². The molecule has 0 aromatic heterocycles. The molecule has 0 saturated carbocycles. The summed E-state index contributed by atoms with van der Waals surface area (Å²) in [5.41, 5.74) is 11.7. The molecular weight excluding hydrogens is 977 g/mol. The van der Waals surface area contributed by atoms with Crippen LogP contribution >= 0.6 is 0 Å². The first-order valence-electron chi connectivity index (χ1n) is 28.0. The molecule has 8 heteroatoms. The standard InChI is InChI=1S/C71H78N2O6/c1-44-35-52(66(74)58(37-44)72-54-23-15-19-27-62(54)78-63-28-20-16-24-55(63)72)50-40-48(70(11,12)42-68(5,6)7)31-33-60(50)76-46(3)39-47(4)77-61-34-32-49(71(13,14)43-69(8,9)10)41-51(61)53-36-45(2)38-59(67(53)75)73-56-25-17-21-29-64(56)79-65-30-22-18-26-57(65)73/h15-38,40-41,46-47,74-75H,39,42-43H2,1-14H3/t46-,47+. The van der Waals surface area contributed by atoms with Gasteiger partial charge in [0.05, 0.1) is 46.3 Å². The number of fused-ring (bicyclic) bond motifs is 4. The Labute approximate surface area is 469 Å². The number of hydrogen-bond donors (Lipinski definition) is 2. The number of hydrogen-bond acceptors (Lipinski definition) is 8. The smallest absolute Gasteiger partial charge is 0.151 e. The summed E-state index contributed by atoms with van der Waals surface area (Å²) < 4.78 is 27.0. The summed E-state index contributed by atoms with van der Waals surface area (Å²) in [5.74, 6) is 4.46.